The van der Waals surface area contributed by atoms with Gasteiger partial charge in [-0.3, -0.25) is 10.1 Å². The molecule has 24 heavy (non-hydrogen) atoms. The van der Waals surface area contributed by atoms with Crippen molar-refractivity contribution in [2.75, 3.05) is 6.61 Å². The Bertz CT molecular complexity index is 866. The summed E-state index contributed by atoms with van der Waals surface area (Å²) >= 11 is 0. The maximum atomic E-state index is 10.9. The third-order valence-corrected chi connectivity index (χ3v) is 4.19. The van der Waals surface area contributed by atoms with Gasteiger partial charge in [-0.15, -0.1) is 0 Å². The molecule has 5 heteroatoms. The van der Waals surface area contributed by atoms with Crippen LogP contribution in [0.5, 0.6) is 0 Å². The molecule has 1 aromatic heterocycles. The molecule has 0 atom stereocenters. The van der Waals surface area contributed by atoms with Crippen molar-refractivity contribution >= 4 is 16.6 Å². The third-order valence-electron chi connectivity index (χ3n) is 4.19. The molecule has 0 aliphatic rings. The van der Waals surface area contributed by atoms with Crippen molar-refractivity contribution in [3.63, 3.8) is 0 Å². The van der Waals surface area contributed by atoms with Gasteiger partial charge in [0.2, 0.25) is 0 Å². The first-order chi connectivity index (χ1) is 11.7. The predicted molar refractivity (Wildman–Crippen MR) is 95.0 cm³/mol. The molecule has 3 aromatic rings. The van der Waals surface area contributed by atoms with Crippen LogP contribution in [0.3, 0.4) is 0 Å². The molecule has 124 valence electrons. The summed E-state index contributed by atoms with van der Waals surface area (Å²) in [4.78, 5) is 10.5. The van der Waals surface area contributed by atoms with Gasteiger partial charge in [-0.1, -0.05) is 18.2 Å². The van der Waals surface area contributed by atoms with Gasteiger partial charge in [-0.2, -0.15) is 0 Å². The van der Waals surface area contributed by atoms with Gasteiger partial charge in [0.05, 0.1) is 17.2 Å². The van der Waals surface area contributed by atoms with E-state index in [1.807, 2.05) is 31.2 Å². The van der Waals surface area contributed by atoms with E-state index in [1.54, 1.807) is 12.1 Å². The highest BCUT2D eigenvalue weighted by Crippen LogP contribution is 2.35. The number of nitrogens with zero attached hydrogens (tertiary/aromatic N) is 2. The molecule has 0 aliphatic carbocycles. The van der Waals surface area contributed by atoms with Crippen molar-refractivity contribution in [3.8, 4) is 11.3 Å². The molecule has 3 rings (SSSR count). The number of hydrogen-bond donors (Lipinski definition) is 0. The first kappa shape index (κ1) is 16.2. The Labute approximate surface area is 140 Å². The Morgan fingerprint density at radius 2 is 1.79 bits per heavy atom. The van der Waals surface area contributed by atoms with Crippen LogP contribution in [-0.4, -0.2) is 16.1 Å². The van der Waals surface area contributed by atoms with Crippen LogP contribution in [0.2, 0.25) is 0 Å². The Hall–Kier alpha value is -2.66. The van der Waals surface area contributed by atoms with E-state index in [0.29, 0.717) is 13.2 Å². The number of ether oxygens (including phenoxy) is 1. The van der Waals surface area contributed by atoms with Crippen molar-refractivity contribution in [1.82, 2.24) is 4.57 Å². The molecule has 0 saturated carbocycles. The molecule has 0 fully saturated rings. The number of rotatable bonds is 6. The maximum absolute atomic E-state index is 10.9. The molecule has 0 bridgehead atoms. The summed E-state index contributed by atoms with van der Waals surface area (Å²) in [5.41, 5.74) is 4.42. The molecule has 2 aromatic carbocycles. The van der Waals surface area contributed by atoms with E-state index in [0.717, 1.165) is 28.9 Å². The zero-order chi connectivity index (χ0) is 17.1. The summed E-state index contributed by atoms with van der Waals surface area (Å²) in [7, 11) is 0. The molecule has 0 radical (unpaired) electrons. The highest BCUT2D eigenvalue weighted by Gasteiger charge is 2.18. The third kappa shape index (κ3) is 2.78. The average molecular weight is 324 g/mol. The topological polar surface area (TPSA) is 57.3 Å². The average Bonchev–Trinajstić information content (AvgIpc) is 2.93. The van der Waals surface area contributed by atoms with Crippen LogP contribution in [0.4, 0.5) is 5.69 Å². The van der Waals surface area contributed by atoms with E-state index in [9.17, 15) is 10.1 Å². The Balaban J connectivity index is 2.22. The van der Waals surface area contributed by atoms with Gasteiger partial charge >= 0.3 is 0 Å². The van der Waals surface area contributed by atoms with Gasteiger partial charge in [0.1, 0.15) is 0 Å². The highest BCUT2D eigenvalue weighted by molar-refractivity contribution is 5.91. The summed E-state index contributed by atoms with van der Waals surface area (Å²) in [6, 6.07) is 15.0. The standard InChI is InChI=1S/C19H20N2O3/c1-3-20-18-8-6-5-7-16(18)17(13-24-4-2)19(20)14-9-11-15(12-10-14)21(22)23/h5-12H,3-4,13H2,1-2H3. The van der Waals surface area contributed by atoms with Gasteiger partial charge in [0, 0.05) is 41.8 Å². The molecule has 0 unspecified atom stereocenters. The van der Waals surface area contributed by atoms with E-state index in [4.69, 9.17) is 4.74 Å². The number of para-hydroxylation sites is 1. The smallest absolute Gasteiger partial charge is 0.269 e. The maximum Gasteiger partial charge on any atom is 0.269 e. The fourth-order valence-corrected chi connectivity index (χ4v) is 3.12. The summed E-state index contributed by atoms with van der Waals surface area (Å²) in [5.74, 6) is 0. The number of fused-ring (bicyclic) bond motifs is 1. The molecular formula is C19H20N2O3. The first-order valence-corrected chi connectivity index (χ1v) is 8.10. The van der Waals surface area contributed by atoms with Crippen LogP contribution in [0.15, 0.2) is 48.5 Å². The summed E-state index contributed by atoms with van der Waals surface area (Å²) in [5, 5.41) is 12.1. The highest BCUT2D eigenvalue weighted by atomic mass is 16.6. The van der Waals surface area contributed by atoms with Crippen LogP contribution < -0.4 is 0 Å². The number of hydrogen-bond acceptors (Lipinski definition) is 3. The van der Waals surface area contributed by atoms with E-state index in [1.165, 1.54) is 5.39 Å². The van der Waals surface area contributed by atoms with Gasteiger partial charge in [0.15, 0.2) is 0 Å². The molecule has 0 N–H and O–H groups in total. The monoisotopic (exact) mass is 324 g/mol. The molecule has 1 heterocycles. The fourth-order valence-electron chi connectivity index (χ4n) is 3.12. The zero-order valence-corrected chi connectivity index (χ0v) is 13.9. The van der Waals surface area contributed by atoms with E-state index in [-0.39, 0.29) is 10.6 Å². The second kappa shape index (κ2) is 6.84. The van der Waals surface area contributed by atoms with Crippen LogP contribution in [-0.2, 0) is 17.9 Å². The summed E-state index contributed by atoms with van der Waals surface area (Å²) < 4.78 is 7.93. The second-order valence-corrected chi connectivity index (χ2v) is 5.53. The van der Waals surface area contributed by atoms with Gasteiger partial charge in [-0.05, 0) is 37.6 Å². The van der Waals surface area contributed by atoms with Crippen LogP contribution in [0, 0.1) is 10.1 Å². The van der Waals surface area contributed by atoms with Crippen molar-refractivity contribution < 1.29 is 9.66 Å². The predicted octanol–water partition coefficient (Wildman–Crippen LogP) is 4.77. The number of benzene rings is 2. The number of aryl methyl sites for hydroxylation is 1. The lowest BCUT2D eigenvalue weighted by Gasteiger charge is -2.11. The largest absolute Gasteiger partial charge is 0.377 e. The second-order valence-electron chi connectivity index (χ2n) is 5.53. The SMILES string of the molecule is CCOCc1c(-c2ccc([N+](=O)[O-])cc2)n(CC)c2ccccc12. The fraction of sp³-hybridized carbons (Fsp3) is 0.263. The lowest BCUT2D eigenvalue weighted by Crippen LogP contribution is -2.00. The Kier molecular flexibility index (Phi) is 4.62. The zero-order valence-electron chi connectivity index (χ0n) is 13.9. The van der Waals surface area contributed by atoms with Gasteiger partial charge in [0.25, 0.3) is 5.69 Å². The van der Waals surface area contributed by atoms with Gasteiger partial charge < -0.3 is 9.30 Å². The normalized spacial score (nSPS) is 11.1. The van der Waals surface area contributed by atoms with E-state index in [2.05, 4.69) is 23.6 Å². The van der Waals surface area contributed by atoms with Crippen molar-refractivity contribution in [1.29, 1.82) is 0 Å². The number of nitro benzene ring substituents is 1. The number of nitro groups is 1. The van der Waals surface area contributed by atoms with E-state index < -0.39 is 0 Å². The van der Waals surface area contributed by atoms with Crippen molar-refractivity contribution in [2.24, 2.45) is 0 Å². The minimum Gasteiger partial charge on any atom is -0.377 e. The molecule has 0 saturated heterocycles. The first-order valence-electron chi connectivity index (χ1n) is 8.10. The molecule has 0 amide bonds. The minimum atomic E-state index is -0.375. The van der Waals surface area contributed by atoms with Crippen LogP contribution >= 0.6 is 0 Å². The van der Waals surface area contributed by atoms with Crippen LogP contribution in [0.25, 0.3) is 22.2 Å². The Morgan fingerprint density at radius 3 is 2.42 bits per heavy atom. The number of non-ortho nitro benzene ring substituents is 1. The summed E-state index contributed by atoms with van der Waals surface area (Å²) in [6.45, 7) is 6.07. The molecule has 0 aliphatic heterocycles. The molecular weight excluding hydrogens is 304 g/mol. The molecule has 0 spiro atoms. The lowest BCUT2D eigenvalue weighted by atomic mass is 10.1. The number of aromatic nitrogens is 1. The lowest BCUT2D eigenvalue weighted by molar-refractivity contribution is -0.384. The van der Waals surface area contributed by atoms with E-state index >= 15 is 0 Å². The quantitative estimate of drug-likeness (QED) is 0.484. The van der Waals surface area contributed by atoms with Crippen molar-refractivity contribution in [2.45, 2.75) is 27.0 Å². The van der Waals surface area contributed by atoms with Crippen LogP contribution in [0.1, 0.15) is 19.4 Å². The molecule has 5 nitrogen and oxygen atoms in total. The van der Waals surface area contributed by atoms with Gasteiger partial charge in [-0.25, -0.2) is 0 Å². The minimum absolute atomic E-state index is 0.101. The Morgan fingerprint density at radius 1 is 1.08 bits per heavy atom. The summed E-state index contributed by atoms with van der Waals surface area (Å²) in [6.07, 6.45) is 0. The van der Waals surface area contributed by atoms with Crippen molar-refractivity contribution in [3.05, 3.63) is 64.2 Å².